The number of nitrogens with zero attached hydrogens (tertiary/aromatic N) is 1. The Morgan fingerprint density at radius 3 is 3.00 bits per heavy atom. The van der Waals surface area contributed by atoms with Gasteiger partial charge in [0.1, 0.15) is 11.4 Å². The summed E-state index contributed by atoms with van der Waals surface area (Å²) >= 11 is 0. The van der Waals surface area contributed by atoms with Gasteiger partial charge in [-0.05, 0) is 25.5 Å². The van der Waals surface area contributed by atoms with Gasteiger partial charge in [-0.1, -0.05) is 18.2 Å². The molecule has 0 amide bonds. The first-order chi connectivity index (χ1) is 9.14. The molecule has 1 aliphatic heterocycles. The van der Waals surface area contributed by atoms with Crippen molar-refractivity contribution in [3.8, 4) is 5.75 Å². The molecular weight excluding hydrogens is 238 g/mol. The minimum atomic E-state index is -0.0815. The third kappa shape index (κ3) is 2.63. The van der Waals surface area contributed by atoms with Crippen molar-refractivity contribution in [1.82, 2.24) is 15.5 Å². The normalized spacial score (nSPS) is 16.1. The molecule has 1 aliphatic rings. The second-order valence-electron chi connectivity index (χ2n) is 5.63. The van der Waals surface area contributed by atoms with Crippen LogP contribution in [-0.2, 0) is 19.5 Å². The van der Waals surface area contributed by atoms with E-state index in [2.05, 4.69) is 47.6 Å². The first-order valence-corrected chi connectivity index (χ1v) is 6.63. The van der Waals surface area contributed by atoms with Crippen molar-refractivity contribution in [3.05, 3.63) is 47.3 Å². The molecule has 2 N–H and O–H groups in total. The number of hydrogen-bond donors (Lipinski definition) is 2. The van der Waals surface area contributed by atoms with E-state index in [4.69, 9.17) is 4.74 Å². The van der Waals surface area contributed by atoms with Crippen molar-refractivity contribution in [2.24, 2.45) is 0 Å². The van der Waals surface area contributed by atoms with Gasteiger partial charge in [0.05, 0.1) is 0 Å². The topological polar surface area (TPSA) is 49.9 Å². The van der Waals surface area contributed by atoms with Crippen LogP contribution in [0.25, 0.3) is 0 Å². The smallest absolute Gasteiger partial charge is 0.127 e. The highest BCUT2D eigenvalue weighted by atomic mass is 16.5. The Balaban J connectivity index is 1.68. The first kappa shape index (κ1) is 12.2. The third-order valence-electron chi connectivity index (χ3n) is 3.36. The molecule has 100 valence electrons. The number of ether oxygens (including phenoxy) is 1. The lowest BCUT2D eigenvalue weighted by molar-refractivity contribution is 0.137. The average Bonchev–Trinajstić information content (AvgIpc) is 2.95. The molecule has 4 heteroatoms. The number of aromatic amines is 1. The minimum Gasteiger partial charge on any atom is -0.487 e. The maximum Gasteiger partial charge on any atom is 0.127 e. The van der Waals surface area contributed by atoms with Gasteiger partial charge < -0.3 is 10.1 Å². The molecule has 0 unspecified atom stereocenters. The Kier molecular flexibility index (Phi) is 3.03. The Labute approximate surface area is 113 Å². The fourth-order valence-electron chi connectivity index (χ4n) is 2.53. The zero-order valence-electron chi connectivity index (χ0n) is 11.4. The van der Waals surface area contributed by atoms with Gasteiger partial charge in [-0.25, -0.2) is 0 Å². The van der Waals surface area contributed by atoms with Crippen molar-refractivity contribution in [2.45, 2.75) is 39.0 Å². The van der Waals surface area contributed by atoms with Crippen LogP contribution in [0.2, 0.25) is 0 Å². The highest BCUT2D eigenvalue weighted by Gasteiger charge is 2.31. The SMILES string of the molecule is CC1(C)Cc2cccc(CNCc3ccn[nH]3)c2O1. The van der Waals surface area contributed by atoms with E-state index in [0.29, 0.717) is 0 Å². The Bertz CT molecular complexity index is 561. The lowest BCUT2D eigenvalue weighted by Crippen LogP contribution is -2.25. The summed E-state index contributed by atoms with van der Waals surface area (Å²) in [5, 5.41) is 10.3. The summed E-state index contributed by atoms with van der Waals surface area (Å²) in [7, 11) is 0. The summed E-state index contributed by atoms with van der Waals surface area (Å²) in [6.45, 7) is 5.86. The van der Waals surface area contributed by atoms with Gasteiger partial charge in [-0.2, -0.15) is 5.10 Å². The molecule has 3 rings (SSSR count). The van der Waals surface area contributed by atoms with E-state index < -0.39 is 0 Å². The highest BCUT2D eigenvalue weighted by molar-refractivity contribution is 5.45. The first-order valence-electron chi connectivity index (χ1n) is 6.63. The van der Waals surface area contributed by atoms with E-state index >= 15 is 0 Å². The number of H-pyrrole nitrogens is 1. The molecule has 0 fully saturated rings. The molecule has 0 saturated heterocycles. The fraction of sp³-hybridized carbons (Fsp3) is 0.400. The summed E-state index contributed by atoms with van der Waals surface area (Å²) in [5.41, 5.74) is 3.55. The van der Waals surface area contributed by atoms with E-state index in [-0.39, 0.29) is 5.60 Å². The van der Waals surface area contributed by atoms with Gasteiger partial charge in [0.25, 0.3) is 0 Å². The molecule has 2 aromatic rings. The number of nitrogens with one attached hydrogen (secondary N) is 2. The molecule has 1 aromatic heterocycles. The van der Waals surface area contributed by atoms with Crippen LogP contribution < -0.4 is 10.1 Å². The van der Waals surface area contributed by atoms with Crippen LogP contribution in [-0.4, -0.2) is 15.8 Å². The number of hydrogen-bond acceptors (Lipinski definition) is 3. The monoisotopic (exact) mass is 257 g/mol. The van der Waals surface area contributed by atoms with E-state index in [9.17, 15) is 0 Å². The average molecular weight is 257 g/mol. The molecule has 1 aromatic carbocycles. The number of fused-ring (bicyclic) bond motifs is 1. The Morgan fingerprint density at radius 2 is 2.21 bits per heavy atom. The second kappa shape index (κ2) is 4.70. The lowest BCUT2D eigenvalue weighted by atomic mass is 10.0. The summed E-state index contributed by atoms with van der Waals surface area (Å²) in [5.74, 6) is 1.06. The minimum absolute atomic E-state index is 0.0815. The summed E-state index contributed by atoms with van der Waals surface area (Å²) in [4.78, 5) is 0. The van der Waals surface area contributed by atoms with Gasteiger partial charge in [0.2, 0.25) is 0 Å². The molecule has 0 saturated carbocycles. The van der Waals surface area contributed by atoms with Gasteiger partial charge in [-0.3, -0.25) is 5.10 Å². The zero-order chi connectivity index (χ0) is 13.3. The van der Waals surface area contributed by atoms with Gasteiger partial charge in [0.15, 0.2) is 0 Å². The predicted molar refractivity (Wildman–Crippen MR) is 74.0 cm³/mol. The number of rotatable bonds is 4. The summed E-state index contributed by atoms with van der Waals surface area (Å²) < 4.78 is 6.05. The van der Waals surface area contributed by atoms with Crippen molar-refractivity contribution in [3.63, 3.8) is 0 Å². The van der Waals surface area contributed by atoms with Crippen molar-refractivity contribution < 1.29 is 4.74 Å². The van der Waals surface area contributed by atoms with Crippen molar-refractivity contribution in [1.29, 1.82) is 0 Å². The van der Waals surface area contributed by atoms with E-state index in [1.165, 1.54) is 11.1 Å². The van der Waals surface area contributed by atoms with Crippen LogP contribution >= 0.6 is 0 Å². The third-order valence-corrected chi connectivity index (χ3v) is 3.36. The molecule has 0 radical (unpaired) electrons. The lowest BCUT2D eigenvalue weighted by Gasteiger charge is -2.18. The fourth-order valence-corrected chi connectivity index (χ4v) is 2.53. The van der Waals surface area contributed by atoms with Crippen LogP contribution in [0.15, 0.2) is 30.5 Å². The summed E-state index contributed by atoms with van der Waals surface area (Å²) in [6.07, 6.45) is 2.75. The van der Waals surface area contributed by atoms with Gasteiger partial charge in [0, 0.05) is 37.0 Å². The molecule has 0 spiro atoms. The molecule has 4 nitrogen and oxygen atoms in total. The van der Waals surface area contributed by atoms with Crippen LogP contribution in [0.1, 0.15) is 30.7 Å². The molecule has 0 atom stereocenters. The molecular formula is C15H19N3O. The molecule has 19 heavy (non-hydrogen) atoms. The van der Waals surface area contributed by atoms with E-state index in [1.807, 2.05) is 6.07 Å². The van der Waals surface area contributed by atoms with Crippen LogP contribution in [0.5, 0.6) is 5.75 Å². The van der Waals surface area contributed by atoms with Gasteiger partial charge in [-0.15, -0.1) is 0 Å². The zero-order valence-corrected chi connectivity index (χ0v) is 11.4. The largest absolute Gasteiger partial charge is 0.487 e. The van der Waals surface area contributed by atoms with Gasteiger partial charge >= 0.3 is 0 Å². The van der Waals surface area contributed by atoms with Crippen molar-refractivity contribution >= 4 is 0 Å². The number of aromatic nitrogens is 2. The maximum atomic E-state index is 6.05. The number of para-hydroxylation sites is 1. The second-order valence-corrected chi connectivity index (χ2v) is 5.63. The Hall–Kier alpha value is -1.81. The maximum absolute atomic E-state index is 6.05. The van der Waals surface area contributed by atoms with Crippen LogP contribution in [0.4, 0.5) is 0 Å². The number of benzene rings is 1. The molecule has 0 aliphatic carbocycles. The quantitative estimate of drug-likeness (QED) is 0.884. The molecule has 2 heterocycles. The van der Waals surface area contributed by atoms with E-state index in [0.717, 1.165) is 31.0 Å². The van der Waals surface area contributed by atoms with Crippen molar-refractivity contribution in [2.75, 3.05) is 0 Å². The van der Waals surface area contributed by atoms with Crippen LogP contribution in [0.3, 0.4) is 0 Å². The summed E-state index contributed by atoms with van der Waals surface area (Å²) in [6, 6.07) is 8.36. The van der Waals surface area contributed by atoms with Crippen LogP contribution in [0, 0.1) is 0 Å². The molecule has 0 bridgehead atoms. The Morgan fingerprint density at radius 1 is 1.32 bits per heavy atom. The standard InChI is InChI=1S/C15H19N3O/c1-15(2)8-11-4-3-5-12(14(11)19-15)9-16-10-13-6-7-17-18-13/h3-7,16H,8-10H2,1-2H3,(H,17,18). The van der Waals surface area contributed by atoms with E-state index in [1.54, 1.807) is 6.20 Å². The predicted octanol–water partition coefficient (Wildman–Crippen LogP) is 2.41. The highest BCUT2D eigenvalue weighted by Crippen LogP contribution is 2.37.